The zero-order valence-corrected chi connectivity index (χ0v) is 19.4. The third-order valence-corrected chi connectivity index (χ3v) is 8.16. The van der Waals surface area contributed by atoms with Gasteiger partial charge in [-0.25, -0.2) is 4.83 Å². The molecule has 6 nitrogen and oxygen atoms in total. The minimum Gasteiger partial charge on any atom is -0.308 e. The fraction of sp³-hybridized carbons (Fsp3) is 0.304. The Morgan fingerprint density at radius 3 is 2.58 bits per heavy atom. The number of nitrogens with zero attached hydrogens (tertiary/aromatic N) is 3. The Hall–Kier alpha value is -2.89. The van der Waals surface area contributed by atoms with Crippen LogP contribution in [-0.2, 0) is 22.9 Å². The molecule has 2 heterocycles. The zero-order valence-electron chi connectivity index (χ0n) is 17.8. The Balaban J connectivity index is 1.63. The number of aryl methyl sites for hydroxylation is 3. The molecule has 0 saturated carbocycles. The van der Waals surface area contributed by atoms with Crippen molar-refractivity contribution < 1.29 is 8.42 Å². The minimum absolute atomic E-state index is 0.170. The Labute approximate surface area is 186 Å². The molecular weight excluding hydrogens is 428 g/mol. The average molecular weight is 453 g/mol. The molecule has 4 rings (SSSR count). The SMILES string of the molecule is Cc1ccc(S(=O)(=O)N/N=C/c2cc(C)n(-c3sc4c(c3C#N)CCCC4)c2C)cc1. The maximum atomic E-state index is 12.4. The summed E-state index contributed by atoms with van der Waals surface area (Å²) in [7, 11) is -3.72. The zero-order chi connectivity index (χ0) is 22.2. The van der Waals surface area contributed by atoms with Gasteiger partial charge in [0.1, 0.15) is 11.1 Å². The number of thiophene rings is 1. The molecule has 3 aromatic rings. The number of fused-ring (bicyclic) bond motifs is 1. The quantitative estimate of drug-likeness (QED) is 0.456. The van der Waals surface area contributed by atoms with E-state index < -0.39 is 10.0 Å². The lowest BCUT2D eigenvalue weighted by molar-refractivity contribution is 0.584. The molecule has 0 fully saturated rings. The van der Waals surface area contributed by atoms with E-state index in [0.29, 0.717) is 0 Å². The van der Waals surface area contributed by atoms with Gasteiger partial charge in [0, 0.05) is 21.8 Å². The van der Waals surface area contributed by atoms with Gasteiger partial charge in [0.15, 0.2) is 0 Å². The Morgan fingerprint density at radius 2 is 1.87 bits per heavy atom. The van der Waals surface area contributed by atoms with Crippen LogP contribution < -0.4 is 4.83 Å². The smallest absolute Gasteiger partial charge is 0.276 e. The first-order valence-electron chi connectivity index (χ1n) is 10.2. The number of nitrogens with one attached hydrogen (secondary N) is 1. The van der Waals surface area contributed by atoms with Crippen LogP contribution in [0.1, 0.15) is 51.4 Å². The minimum atomic E-state index is -3.72. The van der Waals surface area contributed by atoms with Crippen molar-refractivity contribution in [2.75, 3.05) is 0 Å². The van der Waals surface area contributed by atoms with Crippen LogP contribution >= 0.6 is 11.3 Å². The molecule has 0 amide bonds. The van der Waals surface area contributed by atoms with Gasteiger partial charge in [-0.15, -0.1) is 11.3 Å². The van der Waals surface area contributed by atoms with Gasteiger partial charge in [-0.3, -0.25) is 0 Å². The molecule has 8 heteroatoms. The highest BCUT2D eigenvalue weighted by Crippen LogP contribution is 2.38. The maximum Gasteiger partial charge on any atom is 0.276 e. The van der Waals surface area contributed by atoms with Gasteiger partial charge >= 0.3 is 0 Å². The van der Waals surface area contributed by atoms with Crippen LogP contribution in [0.5, 0.6) is 0 Å². The number of hydrogen-bond donors (Lipinski definition) is 1. The lowest BCUT2D eigenvalue weighted by Gasteiger charge is -2.10. The summed E-state index contributed by atoms with van der Waals surface area (Å²) < 4.78 is 27.0. The van der Waals surface area contributed by atoms with Crippen LogP contribution in [0.2, 0.25) is 0 Å². The normalized spacial score (nSPS) is 13.9. The van der Waals surface area contributed by atoms with E-state index in [1.165, 1.54) is 23.1 Å². The van der Waals surface area contributed by atoms with Crippen LogP contribution in [0.3, 0.4) is 0 Å². The first-order valence-corrected chi connectivity index (χ1v) is 12.5. The molecule has 0 radical (unpaired) electrons. The standard InChI is InChI=1S/C23H24N4O2S2/c1-15-8-10-19(11-9-15)31(28,29)26-25-14-18-12-16(2)27(17(18)3)23-21(13-24)20-6-4-5-7-22(20)30-23/h8-12,14,26H,4-7H2,1-3H3/b25-14+. The molecule has 1 aliphatic rings. The Kier molecular flexibility index (Phi) is 5.73. The highest BCUT2D eigenvalue weighted by atomic mass is 32.2. The third-order valence-electron chi connectivity index (χ3n) is 5.65. The average Bonchev–Trinajstić information content (AvgIpc) is 3.24. The van der Waals surface area contributed by atoms with E-state index >= 15 is 0 Å². The van der Waals surface area contributed by atoms with Crippen LogP contribution in [0.15, 0.2) is 40.3 Å². The number of hydrogen-bond acceptors (Lipinski definition) is 5. The van der Waals surface area contributed by atoms with E-state index in [-0.39, 0.29) is 4.90 Å². The number of rotatable bonds is 5. The molecule has 0 atom stereocenters. The van der Waals surface area contributed by atoms with Crippen LogP contribution in [0.25, 0.3) is 5.00 Å². The molecule has 0 bridgehead atoms. The summed E-state index contributed by atoms with van der Waals surface area (Å²) >= 11 is 1.69. The van der Waals surface area contributed by atoms with Crippen molar-refractivity contribution in [1.29, 1.82) is 5.26 Å². The Morgan fingerprint density at radius 1 is 1.16 bits per heavy atom. The second-order valence-electron chi connectivity index (χ2n) is 7.83. The summed E-state index contributed by atoms with van der Waals surface area (Å²) in [5, 5.41) is 14.7. The molecule has 0 spiro atoms. The molecule has 0 unspecified atom stereocenters. The monoisotopic (exact) mass is 452 g/mol. The van der Waals surface area contributed by atoms with E-state index in [4.69, 9.17) is 0 Å². The predicted octanol–water partition coefficient (Wildman–Crippen LogP) is 4.53. The second-order valence-corrected chi connectivity index (χ2v) is 10.6. The van der Waals surface area contributed by atoms with Crippen molar-refractivity contribution in [2.24, 2.45) is 5.10 Å². The summed E-state index contributed by atoms with van der Waals surface area (Å²) in [6, 6.07) is 11.0. The fourth-order valence-corrected chi connectivity index (χ4v) is 6.23. The van der Waals surface area contributed by atoms with E-state index in [2.05, 4.69) is 20.6 Å². The topological polar surface area (TPSA) is 87.2 Å². The van der Waals surface area contributed by atoms with Gasteiger partial charge in [0.2, 0.25) is 0 Å². The molecule has 0 aliphatic heterocycles. The number of benzene rings is 1. The van der Waals surface area contributed by atoms with Gasteiger partial charge in [-0.2, -0.15) is 18.8 Å². The maximum absolute atomic E-state index is 12.4. The molecule has 2 aromatic heterocycles. The van der Waals surface area contributed by atoms with Crippen molar-refractivity contribution in [1.82, 2.24) is 9.40 Å². The molecule has 1 aromatic carbocycles. The number of nitriles is 1. The van der Waals surface area contributed by atoms with Crippen LogP contribution in [0.4, 0.5) is 0 Å². The van der Waals surface area contributed by atoms with Crippen LogP contribution in [0, 0.1) is 32.1 Å². The van der Waals surface area contributed by atoms with Crippen molar-refractivity contribution in [3.05, 3.63) is 68.9 Å². The number of sulfonamides is 1. The van der Waals surface area contributed by atoms with Gasteiger partial charge < -0.3 is 4.57 Å². The summed E-state index contributed by atoms with van der Waals surface area (Å²) in [5.74, 6) is 0. The molecule has 1 aliphatic carbocycles. The van der Waals surface area contributed by atoms with Crippen LogP contribution in [-0.4, -0.2) is 19.2 Å². The highest BCUT2D eigenvalue weighted by molar-refractivity contribution is 7.89. The second kappa shape index (κ2) is 8.33. The highest BCUT2D eigenvalue weighted by Gasteiger charge is 2.23. The number of hydrazone groups is 1. The first-order chi connectivity index (χ1) is 14.8. The van der Waals surface area contributed by atoms with E-state index in [1.54, 1.807) is 35.6 Å². The molecule has 31 heavy (non-hydrogen) atoms. The fourth-order valence-electron chi connectivity index (χ4n) is 3.99. The van der Waals surface area contributed by atoms with Crippen molar-refractivity contribution in [3.8, 4) is 11.1 Å². The Bertz CT molecular complexity index is 1310. The van der Waals surface area contributed by atoms with Crippen molar-refractivity contribution in [2.45, 2.75) is 51.3 Å². The summed E-state index contributed by atoms with van der Waals surface area (Å²) in [6.07, 6.45) is 5.80. The molecule has 160 valence electrons. The molecular formula is C23H24N4O2S2. The third kappa shape index (κ3) is 4.03. The first kappa shape index (κ1) is 21.3. The summed E-state index contributed by atoms with van der Waals surface area (Å²) in [4.78, 5) is 3.77. The van der Waals surface area contributed by atoms with Gasteiger partial charge in [-0.1, -0.05) is 17.7 Å². The summed E-state index contributed by atoms with van der Waals surface area (Å²) in [5.41, 5.74) is 5.66. The largest absolute Gasteiger partial charge is 0.308 e. The summed E-state index contributed by atoms with van der Waals surface area (Å²) in [6.45, 7) is 5.85. The lowest BCUT2D eigenvalue weighted by Crippen LogP contribution is -2.18. The van der Waals surface area contributed by atoms with Crippen molar-refractivity contribution in [3.63, 3.8) is 0 Å². The number of aromatic nitrogens is 1. The van der Waals surface area contributed by atoms with Gasteiger partial charge in [0.05, 0.1) is 16.7 Å². The molecule has 0 saturated heterocycles. The van der Waals surface area contributed by atoms with Gasteiger partial charge in [0.25, 0.3) is 10.0 Å². The van der Waals surface area contributed by atoms with Gasteiger partial charge in [-0.05, 0) is 70.2 Å². The lowest BCUT2D eigenvalue weighted by atomic mass is 9.96. The van der Waals surface area contributed by atoms with E-state index in [0.717, 1.165) is 52.3 Å². The van der Waals surface area contributed by atoms with E-state index in [1.807, 2.05) is 26.8 Å². The predicted molar refractivity (Wildman–Crippen MR) is 124 cm³/mol. The van der Waals surface area contributed by atoms with Crippen molar-refractivity contribution >= 4 is 27.6 Å². The van der Waals surface area contributed by atoms with E-state index in [9.17, 15) is 13.7 Å². The molecule has 1 N–H and O–H groups in total.